The summed E-state index contributed by atoms with van der Waals surface area (Å²) < 4.78 is 10.6. The fourth-order valence-corrected chi connectivity index (χ4v) is 2.53. The van der Waals surface area contributed by atoms with E-state index in [1.165, 1.54) is 0 Å². The van der Waals surface area contributed by atoms with Crippen LogP contribution >= 0.6 is 0 Å². The Bertz CT molecular complexity index is 504. The van der Waals surface area contributed by atoms with E-state index in [-0.39, 0.29) is 19.0 Å². The van der Waals surface area contributed by atoms with Gasteiger partial charge in [-0.15, -0.1) is 0 Å². The first kappa shape index (κ1) is 14.6. The van der Waals surface area contributed by atoms with Crippen molar-refractivity contribution in [3.63, 3.8) is 0 Å². The topological polar surface area (TPSA) is 71.0 Å². The molecule has 0 saturated carbocycles. The Morgan fingerprint density at radius 1 is 1.40 bits per heavy atom. The monoisotopic (exact) mass is 280 g/mol. The molecule has 1 unspecified atom stereocenters. The molecule has 0 aliphatic carbocycles. The molecule has 110 valence electrons. The van der Waals surface area contributed by atoms with Crippen molar-refractivity contribution in [3.8, 4) is 11.5 Å². The van der Waals surface area contributed by atoms with Crippen molar-refractivity contribution in [3.05, 3.63) is 23.3 Å². The van der Waals surface area contributed by atoms with Crippen LogP contribution in [0.3, 0.4) is 0 Å². The molecule has 1 atom stereocenters. The molecule has 1 aromatic rings. The quantitative estimate of drug-likeness (QED) is 0.830. The van der Waals surface area contributed by atoms with Gasteiger partial charge in [0.2, 0.25) is 5.91 Å². The van der Waals surface area contributed by atoms with Gasteiger partial charge in [-0.05, 0) is 19.2 Å². The molecular formula is C14H20N2O4. The first-order chi connectivity index (χ1) is 9.62. The van der Waals surface area contributed by atoms with E-state index in [9.17, 15) is 9.90 Å². The predicted octanol–water partition coefficient (Wildman–Crippen LogP) is 0.299. The molecule has 20 heavy (non-hydrogen) atoms. The summed E-state index contributed by atoms with van der Waals surface area (Å²) in [7, 11) is 4.85. The molecule has 6 heteroatoms. The minimum Gasteiger partial charge on any atom is -0.496 e. The number of rotatable bonds is 4. The van der Waals surface area contributed by atoms with Gasteiger partial charge >= 0.3 is 0 Å². The van der Waals surface area contributed by atoms with Gasteiger partial charge in [0.1, 0.15) is 17.6 Å². The van der Waals surface area contributed by atoms with Crippen LogP contribution < -0.4 is 14.8 Å². The van der Waals surface area contributed by atoms with Crippen LogP contribution in [-0.2, 0) is 11.3 Å². The summed E-state index contributed by atoms with van der Waals surface area (Å²) >= 11 is 0. The van der Waals surface area contributed by atoms with E-state index in [0.717, 1.165) is 5.56 Å². The molecular weight excluding hydrogens is 260 g/mol. The van der Waals surface area contributed by atoms with Gasteiger partial charge in [0.15, 0.2) is 0 Å². The number of nitrogens with one attached hydrogen (secondary N) is 1. The lowest BCUT2D eigenvalue weighted by Gasteiger charge is -2.34. The van der Waals surface area contributed by atoms with Crippen LogP contribution in [0.5, 0.6) is 11.5 Å². The highest BCUT2D eigenvalue weighted by Gasteiger charge is 2.31. The summed E-state index contributed by atoms with van der Waals surface area (Å²) in [5, 5.41) is 13.2. The minimum atomic E-state index is -0.774. The Hall–Kier alpha value is -1.79. The summed E-state index contributed by atoms with van der Waals surface area (Å²) in [5.41, 5.74) is 1.51. The Kier molecular flexibility index (Phi) is 4.46. The standard InChI is InChI=1S/C14H20N2O4/c1-15-6-13(18)16-7-9-11(19-2)4-5-12(20-3)14(9)10(17)8-16/h4-5,10,15,17H,6-8H2,1-3H3. The third-order valence-electron chi connectivity index (χ3n) is 3.47. The number of hydrogen-bond donors (Lipinski definition) is 2. The molecule has 1 aliphatic heterocycles. The van der Waals surface area contributed by atoms with E-state index in [4.69, 9.17) is 9.47 Å². The highest BCUT2D eigenvalue weighted by Crippen LogP contribution is 2.39. The number of benzene rings is 1. The number of methoxy groups -OCH3 is 2. The van der Waals surface area contributed by atoms with Crippen molar-refractivity contribution in [1.29, 1.82) is 0 Å². The van der Waals surface area contributed by atoms with Crippen molar-refractivity contribution in [2.75, 3.05) is 34.4 Å². The van der Waals surface area contributed by atoms with E-state index in [2.05, 4.69) is 5.32 Å². The van der Waals surface area contributed by atoms with E-state index < -0.39 is 6.10 Å². The predicted molar refractivity (Wildman–Crippen MR) is 73.8 cm³/mol. The molecule has 1 aliphatic rings. The first-order valence-corrected chi connectivity index (χ1v) is 6.46. The second-order valence-corrected chi connectivity index (χ2v) is 4.68. The lowest BCUT2D eigenvalue weighted by molar-refractivity contribution is -0.133. The summed E-state index contributed by atoms with van der Waals surface area (Å²) in [6.45, 7) is 0.915. The number of hydrogen-bond acceptors (Lipinski definition) is 5. The molecule has 6 nitrogen and oxygen atoms in total. The number of nitrogens with zero attached hydrogens (tertiary/aromatic N) is 1. The van der Waals surface area contributed by atoms with E-state index in [1.54, 1.807) is 38.3 Å². The van der Waals surface area contributed by atoms with Crippen molar-refractivity contribution in [2.45, 2.75) is 12.6 Å². The van der Waals surface area contributed by atoms with Gasteiger partial charge in [-0.3, -0.25) is 4.79 Å². The molecule has 0 bridgehead atoms. The van der Waals surface area contributed by atoms with Crippen molar-refractivity contribution in [1.82, 2.24) is 10.2 Å². The summed E-state index contributed by atoms with van der Waals surface area (Å²) in [6.07, 6.45) is -0.774. The number of carbonyl (C=O) groups is 1. The SMILES string of the molecule is CNCC(=O)N1Cc2c(OC)ccc(OC)c2C(O)C1. The Morgan fingerprint density at radius 2 is 2.05 bits per heavy atom. The Labute approximate surface area is 118 Å². The van der Waals surface area contributed by atoms with Gasteiger partial charge in [-0.2, -0.15) is 0 Å². The molecule has 0 saturated heterocycles. The van der Waals surface area contributed by atoms with Crippen molar-refractivity contribution >= 4 is 5.91 Å². The van der Waals surface area contributed by atoms with Crippen LogP contribution in [0.4, 0.5) is 0 Å². The van der Waals surface area contributed by atoms with Crippen LogP contribution in [0.2, 0.25) is 0 Å². The zero-order chi connectivity index (χ0) is 14.7. The number of aliphatic hydroxyl groups is 1. The minimum absolute atomic E-state index is 0.0536. The van der Waals surface area contributed by atoms with Gasteiger partial charge < -0.3 is 24.8 Å². The molecule has 0 radical (unpaired) electrons. The largest absolute Gasteiger partial charge is 0.496 e. The van der Waals surface area contributed by atoms with Gasteiger partial charge in [-0.25, -0.2) is 0 Å². The fraction of sp³-hybridized carbons (Fsp3) is 0.500. The van der Waals surface area contributed by atoms with Crippen LogP contribution in [0.1, 0.15) is 17.2 Å². The van der Waals surface area contributed by atoms with Gasteiger partial charge in [0.25, 0.3) is 0 Å². The van der Waals surface area contributed by atoms with Gasteiger partial charge in [0.05, 0.1) is 27.3 Å². The number of fused-ring (bicyclic) bond motifs is 1. The zero-order valence-electron chi connectivity index (χ0n) is 12.0. The third-order valence-corrected chi connectivity index (χ3v) is 3.47. The van der Waals surface area contributed by atoms with Crippen LogP contribution in [-0.4, -0.2) is 50.3 Å². The van der Waals surface area contributed by atoms with E-state index >= 15 is 0 Å². The average Bonchev–Trinajstić information content (AvgIpc) is 2.46. The number of aliphatic hydroxyl groups excluding tert-OH is 1. The molecule has 0 spiro atoms. The molecule has 2 N–H and O–H groups in total. The molecule has 2 rings (SSSR count). The number of ether oxygens (including phenoxy) is 2. The molecule has 0 aromatic heterocycles. The lowest BCUT2D eigenvalue weighted by Crippen LogP contribution is -2.42. The smallest absolute Gasteiger partial charge is 0.236 e. The maximum absolute atomic E-state index is 12.0. The highest BCUT2D eigenvalue weighted by molar-refractivity contribution is 5.79. The number of carbonyl (C=O) groups excluding carboxylic acids is 1. The number of likely N-dealkylation sites (N-methyl/N-ethyl adjacent to an activating group) is 1. The second kappa shape index (κ2) is 6.11. The molecule has 1 heterocycles. The number of β-amino-alcohol motifs (C(OH)–C–C–N with tert-alkyl or cyclic N) is 1. The average molecular weight is 280 g/mol. The molecule has 1 amide bonds. The van der Waals surface area contributed by atoms with Crippen LogP contribution in [0, 0.1) is 0 Å². The maximum atomic E-state index is 12.0. The second-order valence-electron chi connectivity index (χ2n) is 4.68. The van der Waals surface area contributed by atoms with Gasteiger partial charge in [-0.1, -0.05) is 0 Å². The van der Waals surface area contributed by atoms with E-state index in [0.29, 0.717) is 23.6 Å². The maximum Gasteiger partial charge on any atom is 0.236 e. The third kappa shape index (κ3) is 2.57. The Morgan fingerprint density at radius 3 is 2.65 bits per heavy atom. The van der Waals surface area contributed by atoms with Crippen molar-refractivity contribution in [2.24, 2.45) is 0 Å². The normalized spacial score (nSPS) is 17.6. The summed E-state index contributed by atoms with van der Waals surface area (Å²) in [6, 6.07) is 3.56. The fourth-order valence-electron chi connectivity index (χ4n) is 2.53. The lowest BCUT2D eigenvalue weighted by atomic mass is 9.95. The Balaban J connectivity index is 2.40. The first-order valence-electron chi connectivity index (χ1n) is 6.46. The molecule has 0 fully saturated rings. The summed E-state index contributed by atoms with van der Waals surface area (Å²) in [4.78, 5) is 13.6. The van der Waals surface area contributed by atoms with Gasteiger partial charge in [0, 0.05) is 17.7 Å². The van der Waals surface area contributed by atoms with E-state index in [1.807, 2.05) is 0 Å². The van der Waals surface area contributed by atoms with Crippen LogP contribution in [0.15, 0.2) is 12.1 Å². The number of amides is 1. The van der Waals surface area contributed by atoms with Crippen molar-refractivity contribution < 1.29 is 19.4 Å². The summed E-state index contributed by atoms with van der Waals surface area (Å²) in [5.74, 6) is 1.22. The highest BCUT2D eigenvalue weighted by atomic mass is 16.5. The zero-order valence-corrected chi connectivity index (χ0v) is 12.0. The molecule has 1 aromatic carbocycles. The van der Waals surface area contributed by atoms with Crippen LogP contribution in [0.25, 0.3) is 0 Å².